The van der Waals surface area contributed by atoms with Crippen molar-refractivity contribution in [3.63, 3.8) is 0 Å². The maximum atomic E-state index is 10.8. The normalized spacial score (nSPS) is 9.81. The summed E-state index contributed by atoms with van der Waals surface area (Å²) in [4.78, 5) is 14.6. The average Bonchev–Trinajstić information content (AvgIpc) is 2.31. The molecule has 0 aliphatic rings. The third kappa shape index (κ3) is 2.38. The molecule has 0 atom stereocenters. The number of rotatable bonds is 3. The molecule has 0 amide bonds. The van der Waals surface area contributed by atoms with Gasteiger partial charge in [-0.25, -0.2) is 4.98 Å². The number of para-hydroxylation sites is 1. The Hall–Kier alpha value is -1.87. The van der Waals surface area contributed by atoms with Crippen molar-refractivity contribution >= 4 is 17.9 Å². The van der Waals surface area contributed by atoms with Crippen molar-refractivity contribution in [1.29, 1.82) is 0 Å². The summed E-state index contributed by atoms with van der Waals surface area (Å²) in [6, 6.07) is 10.7. The molecule has 0 aliphatic carbocycles. The van der Waals surface area contributed by atoms with E-state index in [1.807, 2.05) is 18.2 Å². The number of benzene rings is 1. The summed E-state index contributed by atoms with van der Waals surface area (Å²) in [5, 5.41) is 0.288. The zero-order chi connectivity index (χ0) is 11.4. The highest BCUT2D eigenvalue weighted by atomic mass is 35.5. The number of halogens is 1. The third-order valence-electron chi connectivity index (χ3n) is 1.96. The van der Waals surface area contributed by atoms with Crippen molar-refractivity contribution in [2.45, 2.75) is 0 Å². The minimum atomic E-state index is 0.288. The molecule has 1 heterocycles. The SMILES string of the molecule is O=Cc1cnc(Cl)cc1Oc1ccccc1. The van der Waals surface area contributed by atoms with Crippen molar-refractivity contribution < 1.29 is 9.53 Å². The molecule has 1 aromatic carbocycles. The number of pyridine rings is 1. The van der Waals surface area contributed by atoms with Crippen LogP contribution in [0.5, 0.6) is 11.5 Å². The fraction of sp³-hybridized carbons (Fsp3) is 0. The smallest absolute Gasteiger partial charge is 0.155 e. The Morgan fingerprint density at radius 2 is 2.00 bits per heavy atom. The van der Waals surface area contributed by atoms with Crippen LogP contribution in [0.25, 0.3) is 0 Å². The van der Waals surface area contributed by atoms with Gasteiger partial charge in [0.25, 0.3) is 0 Å². The van der Waals surface area contributed by atoms with Crippen LogP contribution in [-0.2, 0) is 0 Å². The van der Waals surface area contributed by atoms with Crippen LogP contribution >= 0.6 is 11.6 Å². The lowest BCUT2D eigenvalue weighted by atomic mass is 10.3. The summed E-state index contributed by atoms with van der Waals surface area (Å²) in [7, 11) is 0. The Morgan fingerprint density at radius 1 is 1.25 bits per heavy atom. The maximum absolute atomic E-state index is 10.8. The summed E-state index contributed by atoms with van der Waals surface area (Å²) >= 11 is 5.73. The minimum Gasteiger partial charge on any atom is -0.456 e. The predicted molar refractivity (Wildman–Crippen MR) is 61.2 cm³/mol. The van der Waals surface area contributed by atoms with Crippen LogP contribution in [0.2, 0.25) is 5.15 Å². The van der Waals surface area contributed by atoms with E-state index < -0.39 is 0 Å². The molecule has 80 valence electrons. The lowest BCUT2D eigenvalue weighted by molar-refractivity contribution is 0.112. The van der Waals surface area contributed by atoms with Gasteiger partial charge in [-0.2, -0.15) is 0 Å². The van der Waals surface area contributed by atoms with Gasteiger partial charge in [-0.3, -0.25) is 4.79 Å². The molecule has 0 aliphatic heterocycles. The number of carbonyl (C=O) groups is 1. The van der Waals surface area contributed by atoms with Gasteiger partial charge in [-0.05, 0) is 12.1 Å². The molecule has 3 nitrogen and oxygen atoms in total. The predicted octanol–water partition coefficient (Wildman–Crippen LogP) is 3.34. The van der Waals surface area contributed by atoms with Gasteiger partial charge in [0, 0.05) is 12.3 Å². The van der Waals surface area contributed by atoms with E-state index in [2.05, 4.69) is 4.98 Å². The molecule has 0 saturated carbocycles. The largest absolute Gasteiger partial charge is 0.456 e. The van der Waals surface area contributed by atoms with Crippen LogP contribution < -0.4 is 4.74 Å². The first-order valence-corrected chi connectivity index (χ1v) is 5.01. The van der Waals surface area contributed by atoms with Gasteiger partial charge in [0.2, 0.25) is 0 Å². The second-order valence-electron chi connectivity index (χ2n) is 3.08. The molecule has 0 radical (unpaired) electrons. The van der Waals surface area contributed by atoms with E-state index in [9.17, 15) is 4.79 Å². The van der Waals surface area contributed by atoms with Crippen molar-refractivity contribution in [1.82, 2.24) is 4.98 Å². The second-order valence-corrected chi connectivity index (χ2v) is 3.47. The number of hydrogen-bond donors (Lipinski definition) is 0. The van der Waals surface area contributed by atoms with Crippen LogP contribution in [0.4, 0.5) is 0 Å². The zero-order valence-corrected chi connectivity index (χ0v) is 9.02. The van der Waals surface area contributed by atoms with Crippen molar-refractivity contribution in [3.05, 3.63) is 53.3 Å². The van der Waals surface area contributed by atoms with E-state index in [0.29, 0.717) is 23.3 Å². The lowest BCUT2D eigenvalue weighted by Gasteiger charge is -2.07. The molecule has 0 saturated heterocycles. The molecule has 2 rings (SSSR count). The number of aromatic nitrogens is 1. The number of hydrogen-bond acceptors (Lipinski definition) is 3. The third-order valence-corrected chi connectivity index (χ3v) is 2.17. The van der Waals surface area contributed by atoms with Crippen molar-refractivity contribution in [2.24, 2.45) is 0 Å². The molecule has 0 unspecified atom stereocenters. The summed E-state index contributed by atoms with van der Waals surface area (Å²) in [5.41, 5.74) is 0.369. The topological polar surface area (TPSA) is 39.2 Å². The van der Waals surface area contributed by atoms with Gasteiger partial charge in [0.1, 0.15) is 16.7 Å². The Labute approximate surface area is 97.7 Å². The monoisotopic (exact) mass is 233 g/mol. The standard InChI is InChI=1S/C12H8ClNO2/c13-12-6-11(9(8-15)7-14-12)16-10-4-2-1-3-5-10/h1-8H. The van der Waals surface area contributed by atoms with E-state index in [4.69, 9.17) is 16.3 Å². The summed E-state index contributed by atoms with van der Waals surface area (Å²) in [6.45, 7) is 0. The van der Waals surface area contributed by atoms with Gasteiger partial charge in [0.05, 0.1) is 5.56 Å². The molecule has 1 aromatic heterocycles. The maximum Gasteiger partial charge on any atom is 0.155 e. The summed E-state index contributed by atoms with van der Waals surface area (Å²) < 4.78 is 5.53. The molecule has 2 aromatic rings. The van der Waals surface area contributed by atoms with E-state index in [1.165, 1.54) is 12.3 Å². The number of aldehydes is 1. The molecule has 0 fully saturated rings. The first-order valence-electron chi connectivity index (χ1n) is 4.63. The Balaban J connectivity index is 2.33. The van der Waals surface area contributed by atoms with Crippen LogP contribution in [0.15, 0.2) is 42.6 Å². The van der Waals surface area contributed by atoms with Crippen LogP contribution in [-0.4, -0.2) is 11.3 Å². The highest BCUT2D eigenvalue weighted by Gasteiger charge is 2.05. The highest BCUT2D eigenvalue weighted by Crippen LogP contribution is 2.25. The molecule has 0 spiro atoms. The molecule has 0 bridgehead atoms. The van der Waals surface area contributed by atoms with E-state index in [0.717, 1.165) is 0 Å². The van der Waals surface area contributed by atoms with Crippen LogP contribution in [0.3, 0.4) is 0 Å². The van der Waals surface area contributed by atoms with Crippen LogP contribution in [0.1, 0.15) is 10.4 Å². The van der Waals surface area contributed by atoms with E-state index >= 15 is 0 Å². The second kappa shape index (κ2) is 4.77. The Morgan fingerprint density at radius 3 is 2.69 bits per heavy atom. The summed E-state index contributed by atoms with van der Waals surface area (Å²) in [6.07, 6.45) is 2.06. The van der Waals surface area contributed by atoms with Crippen LogP contribution in [0, 0.1) is 0 Å². The first-order chi connectivity index (χ1) is 7.79. The molecule has 0 N–H and O–H groups in total. The molecular formula is C12H8ClNO2. The average molecular weight is 234 g/mol. The summed E-state index contributed by atoms with van der Waals surface area (Å²) in [5.74, 6) is 1.05. The molecular weight excluding hydrogens is 226 g/mol. The van der Waals surface area contributed by atoms with E-state index in [1.54, 1.807) is 12.1 Å². The van der Waals surface area contributed by atoms with Gasteiger partial charge in [0.15, 0.2) is 6.29 Å². The van der Waals surface area contributed by atoms with E-state index in [-0.39, 0.29) is 5.15 Å². The van der Waals surface area contributed by atoms with Gasteiger partial charge in [-0.1, -0.05) is 29.8 Å². The number of ether oxygens (including phenoxy) is 1. The fourth-order valence-corrected chi connectivity index (χ4v) is 1.36. The lowest BCUT2D eigenvalue weighted by Crippen LogP contribution is -1.91. The van der Waals surface area contributed by atoms with Gasteiger partial charge >= 0.3 is 0 Å². The van der Waals surface area contributed by atoms with Gasteiger partial charge in [-0.15, -0.1) is 0 Å². The van der Waals surface area contributed by atoms with Crippen molar-refractivity contribution in [2.75, 3.05) is 0 Å². The minimum absolute atomic E-state index is 0.288. The Bertz CT molecular complexity index is 500. The zero-order valence-electron chi connectivity index (χ0n) is 8.26. The molecule has 16 heavy (non-hydrogen) atoms. The number of nitrogens with zero attached hydrogens (tertiary/aromatic N) is 1. The van der Waals surface area contributed by atoms with Gasteiger partial charge < -0.3 is 4.74 Å². The Kier molecular flexibility index (Phi) is 3.17. The number of carbonyl (C=O) groups excluding carboxylic acids is 1. The quantitative estimate of drug-likeness (QED) is 0.603. The first kappa shape index (κ1) is 10.6. The fourth-order valence-electron chi connectivity index (χ4n) is 1.22. The van der Waals surface area contributed by atoms with Crippen molar-refractivity contribution in [3.8, 4) is 11.5 Å². The highest BCUT2D eigenvalue weighted by molar-refractivity contribution is 6.29. The molecule has 4 heteroatoms.